The van der Waals surface area contributed by atoms with Gasteiger partial charge in [-0.3, -0.25) is 0 Å². The molecule has 0 bridgehead atoms. The molecule has 0 aromatic heterocycles. The molecule has 2 fully saturated rings. The number of unbranched alkanes of at least 4 members (excludes halogenated alkanes) is 3. The first-order valence-electron chi connectivity index (χ1n) is 10.3. The highest BCUT2D eigenvalue weighted by molar-refractivity contribution is 5.33. The number of benzene rings is 1. The predicted molar refractivity (Wildman–Crippen MR) is 103 cm³/mol. The summed E-state index contributed by atoms with van der Waals surface area (Å²) in [6, 6.07) is 6.27. The van der Waals surface area contributed by atoms with Crippen LogP contribution in [0, 0.1) is 10.8 Å². The summed E-state index contributed by atoms with van der Waals surface area (Å²) in [6.45, 7) is 4.85. The van der Waals surface area contributed by atoms with E-state index in [-0.39, 0.29) is 0 Å². The zero-order chi connectivity index (χ0) is 17.0. The standard InChI is InChI=1S/C23H36O/c1-22(12-13-22)10-6-3-4-8-19-16-20(18-21(24)17-19)9-5-7-11-23(2)14-15-23/h16-18,24H,3-15H2,1-2H3. The molecule has 0 radical (unpaired) electrons. The zero-order valence-corrected chi connectivity index (χ0v) is 15.9. The SMILES string of the molecule is CC1(CCCCCc2cc(O)cc(CCCCC3(C)CC3)c2)CC1. The van der Waals surface area contributed by atoms with Gasteiger partial charge in [-0.1, -0.05) is 39.2 Å². The summed E-state index contributed by atoms with van der Waals surface area (Å²) in [5.74, 6) is 0.460. The van der Waals surface area contributed by atoms with Crippen LogP contribution in [0.15, 0.2) is 18.2 Å². The second kappa shape index (κ2) is 7.50. The van der Waals surface area contributed by atoms with Crippen molar-refractivity contribution in [2.75, 3.05) is 0 Å². The van der Waals surface area contributed by atoms with Crippen LogP contribution in [0.2, 0.25) is 0 Å². The van der Waals surface area contributed by atoms with Crippen molar-refractivity contribution in [1.82, 2.24) is 0 Å². The normalized spacial score (nSPS) is 20.1. The molecule has 2 saturated carbocycles. The Hall–Kier alpha value is -0.980. The summed E-state index contributed by atoms with van der Waals surface area (Å²) in [4.78, 5) is 0. The molecular weight excluding hydrogens is 292 g/mol. The van der Waals surface area contributed by atoms with Crippen molar-refractivity contribution in [3.05, 3.63) is 29.3 Å². The van der Waals surface area contributed by atoms with Crippen molar-refractivity contribution in [2.24, 2.45) is 10.8 Å². The van der Waals surface area contributed by atoms with Gasteiger partial charge in [0.2, 0.25) is 0 Å². The van der Waals surface area contributed by atoms with Gasteiger partial charge >= 0.3 is 0 Å². The summed E-state index contributed by atoms with van der Waals surface area (Å²) >= 11 is 0. The van der Waals surface area contributed by atoms with Crippen LogP contribution in [0.1, 0.15) is 95.6 Å². The molecule has 0 unspecified atom stereocenters. The van der Waals surface area contributed by atoms with Gasteiger partial charge in [0, 0.05) is 0 Å². The van der Waals surface area contributed by atoms with E-state index in [4.69, 9.17) is 0 Å². The Kier molecular flexibility index (Phi) is 5.57. The van der Waals surface area contributed by atoms with E-state index in [2.05, 4.69) is 19.9 Å². The Morgan fingerprint density at radius 2 is 1.17 bits per heavy atom. The number of aromatic hydroxyl groups is 1. The highest BCUT2D eigenvalue weighted by Crippen LogP contribution is 2.49. The highest BCUT2D eigenvalue weighted by Gasteiger charge is 2.36. The Morgan fingerprint density at radius 1 is 0.708 bits per heavy atom. The molecule has 3 rings (SSSR count). The van der Waals surface area contributed by atoms with Gasteiger partial charge < -0.3 is 5.11 Å². The van der Waals surface area contributed by atoms with Crippen LogP contribution < -0.4 is 0 Å². The average molecular weight is 329 g/mol. The first kappa shape index (κ1) is 17.8. The van der Waals surface area contributed by atoms with Crippen molar-refractivity contribution in [1.29, 1.82) is 0 Å². The maximum Gasteiger partial charge on any atom is 0.116 e. The molecule has 2 aliphatic rings. The number of phenolic OH excluding ortho intramolecular Hbond substituents is 1. The molecule has 1 N–H and O–H groups in total. The van der Waals surface area contributed by atoms with E-state index in [9.17, 15) is 5.11 Å². The van der Waals surface area contributed by atoms with Crippen LogP contribution in [0.5, 0.6) is 5.75 Å². The van der Waals surface area contributed by atoms with Crippen molar-refractivity contribution < 1.29 is 5.11 Å². The van der Waals surface area contributed by atoms with E-state index < -0.39 is 0 Å². The minimum absolute atomic E-state index is 0.460. The van der Waals surface area contributed by atoms with Gasteiger partial charge in [0.25, 0.3) is 0 Å². The van der Waals surface area contributed by atoms with Gasteiger partial charge in [-0.25, -0.2) is 0 Å². The molecule has 0 heterocycles. The number of hydrogen-bond acceptors (Lipinski definition) is 1. The summed E-state index contributed by atoms with van der Waals surface area (Å²) in [7, 11) is 0. The lowest BCUT2D eigenvalue weighted by atomic mass is 9.96. The Balaban J connectivity index is 1.36. The average Bonchev–Trinajstić information content (AvgIpc) is 3.44. The van der Waals surface area contributed by atoms with Crippen LogP contribution in [0.4, 0.5) is 0 Å². The fraction of sp³-hybridized carbons (Fsp3) is 0.739. The molecule has 0 aliphatic heterocycles. The van der Waals surface area contributed by atoms with Crippen molar-refractivity contribution in [2.45, 2.75) is 97.3 Å². The van der Waals surface area contributed by atoms with Gasteiger partial charge in [-0.15, -0.1) is 0 Å². The second-order valence-corrected chi connectivity index (χ2v) is 9.40. The third kappa shape index (κ3) is 5.83. The van der Waals surface area contributed by atoms with Gasteiger partial charge in [0.1, 0.15) is 5.75 Å². The van der Waals surface area contributed by atoms with Crippen molar-refractivity contribution >= 4 is 0 Å². The Morgan fingerprint density at radius 3 is 1.67 bits per heavy atom. The lowest BCUT2D eigenvalue weighted by molar-refractivity contribution is 0.469. The van der Waals surface area contributed by atoms with E-state index in [1.54, 1.807) is 0 Å². The maximum absolute atomic E-state index is 10.0. The quantitative estimate of drug-likeness (QED) is 0.442. The second-order valence-electron chi connectivity index (χ2n) is 9.40. The number of phenols is 1. The molecule has 0 amide bonds. The molecule has 134 valence electrons. The first-order chi connectivity index (χ1) is 11.5. The highest BCUT2D eigenvalue weighted by atomic mass is 16.3. The molecule has 24 heavy (non-hydrogen) atoms. The number of hydrogen-bond donors (Lipinski definition) is 1. The van der Waals surface area contributed by atoms with E-state index in [0.29, 0.717) is 16.6 Å². The third-order valence-electron chi connectivity index (χ3n) is 6.49. The fourth-order valence-corrected chi connectivity index (χ4v) is 3.90. The smallest absolute Gasteiger partial charge is 0.116 e. The Labute approximate surface area is 148 Å². The van der Waals surface area contributed by atoms with Crippen LogP contribution in [-0.2, 0) is 12.8 Å². The van der Waals surface area contributed by atoms with Crippen LogP contribution in [0.3, 0.4) is 0 Å². The molecule has 0 spiro atoms. The zero-order valence-electron chi connectivity index (χ0n) is 15.9. The molecule has 0 atom stereocenters. The van der Waals surface area contributed by atoms with E-state index >= 15 is 0 Å². The van der Waals surface area contributed by atoms with Crippen LogP contribution in [-0.4, -0.2) is 5.11 Å². The minimum Gasteiger partial charge on any atom is -0.508 e. The monoisotopic (exact) mass is 328 g/mol. The lowest BCUT2D eigenvalue weighted by Gasteiger charge is -2.10. The van der Waals surface area contributed by atoms with Crippen molar-refractivity contribution in [3.63, 3.8) is 0 Å². The molecule has 1 heteroatoms. The van der Waals surface area contributed by atoms with E-state index in [1.807, 2.05) is 12.1 Å². The number of rotatable bonds is 11. The minimum atomic E-state index is 0.460. The maximum atomic E-state index is 10.0. The summed E-state index contributed by atoms with van der Waals surface area (Å²) in [5.41, 5.74) is 4.05. The van der Waals surface area contributed by atoms with Crippen LogP contribution in [0.25, 0.3) is 0 Å². The summed E-state index contributed by atoms with van der Waals surface area (Å²) in [5, 5.41) is 10.0. The lowest BCUT2D eigenvalue weighted by Crippen LogP contribution is -1.95. The molecule has 2 aliphatic carbocycles. The molecule has 1 nitrogen and oxygen atoms in total. The number of aryl methyl sites for hydroxylation is 2. The van der Waals surface area contributed by atoms with E-state index in [1.165, 1.54) is 81.8 Å². The van der Waals surface area contributed by atoms with Gasteiger partial charge in [-0.05, 0) is 98.3 Å². The van der Waals surface area contributed by atoms with Crippen LogP contribution >= 0.6 is 0 Å². The predicted octanol–water partition coefficient (Wildman–Crippen LogP) is 6.81. The molecule has 1 aromatic rings. The molecule has 0 saturated heterocycles. The third-order valence-corrected chi connectivity index (χ3v) is 6.49. The summed E-state index contributed by atoms with van der Waals surface area (Å²) in [6.07, 6.45) is 17.4. The van der Waals surface area contributed by atoms with Gasteiger partial charge in [0.05, 0.1) is 0 Å². The van der Waals surface area contributed by atoms with Gasteiger partial charge in [-0.2, -0.15) is 0 Å². The van der Waals surface area contributed by atoms with Gasteiger partial charge in [0.15, 0.2) is 0 Å². The topological polar surface area (TPSA) is 20.2 Å². The Bertz CT molecular complexity index is 537. The fourth-order valence-electron chi connectivity index (χ4n) is 3.90. The molecule has 1 aromatic carbocycles. The largest absolute Gasteiger partial charge is 0.508 e. The molecular formula is C23H36O. The first-order valence-corrected chi connectivity index (χ1v) is 10.3. The summed E-state index contributed by atoms with van der Waals surface area (Å²) < 4.78 is 0. The van der Waals surface area contributed by atoms with E-state index in [0.717, 1.165) is 12.8 Å². The van der Waals surface area contributed by atoms with Crippen molar-refractivity contribution in [3.8, 4) is 5.75 Å².